The third-order valence-electron chi connectivity index (χ3n) is 4.59. The zero-order valence-electron chi connectivity index (χ0n) is 14.1. The number of benzene rings is 1. The molecule has 22 heavy (non-hydrogen) atoms. The largest absolute Gasteiger partial charge is 0.243 e. The Morgan fingerprint density at radius 2 is 1.73 bits per heavy atom. The minimum absolute atomic E-state index is 0.0925. The van der Waals surface area contributed by atoms with Gasteiger partial charge in [-0.2, -0.15) is 4.31 Å². The Balaban J connectivity index is 2.35. The highest BCUT2D eigenvalue weighted by molar-refractivity contribution is 7.89. The van der Waals surface area contributed by atoms with Crippen LogP contribution in [0.2, 0.25) is 0 Å². The fourth-order valence-corrected chi connectivity index (χ4v) is 4.63. The fraction of sp³-hybridized carbons (Fsp3) is 0.556. The Kier molecular flexibility index (Phi) is 5.45. The highest BCUT2D eigenvalue weighted by Gasteiger charge is 2.34. The number of unbranched alkanes of at least 4 members (excludes halogenated alkanes) is 1. The first-order valence-corrected chi connectivity index (χ1v) is 9.54. The second-order valence-corrected chi connectivity index (χ2v) is 8.31. The van der Waals surface area contributed by atoms with E-state index in [0.29, 0.717) is 11.4 Å². The van der Waals surface area contributed by atoms with Crippen LogP contribution in [-0.2, 0) is 10.0 Å². The molecule has 1 aromatic rings. The maximum absolute atomic E-state index is 13.0. The van der Waals surface area contributed by atoms with Gasteiger partial charge in [0, 0.05) is 12.6 Å². The zero-order chi connectivity index (χ0) is 16.3. The number of aryl methyl sites for hydroxylation is 1. The van der Waals surface area contributed by atoms with Gasteiger partial charge in [-0.15, -0.1) is 0 Å². The summed E-state index contributed by atoms with van der Waals surface area (Å²) in [6.45, 7) is 8.82. The molecule has 1 aliphatic heterocycles. The number of sulfonamides is 1. The number of hydrogen-bond acceptors (Lipinski definition) is 2. The van der Waals surface area contributed by atoms with Crippen molar-refractivity contribution in [3.05, 3.63) is 41.0 Å². The first kappa shape index (κ1) is 17.2. The number of rotatable bonds is 5. The smallest absolute Gasteiger partial charge is 0.207 e. The van der Waals surface area contributed by atoms with Crippen molar-refractivity contribution in [2.75, 3.05) is 6.54 Å². The average molecular weight is 321 g/mol. The molecule has 0 saturated heterocycles. The van der Waals surface area contributed by atoms with Gasteiger partial charge in [0.2, 0.25) is 10.0 Å². The summed E-state index contributed by atoms with van der Waals surface area (Å²) in [6.07, 6.45) is 3.96. The summed E-state index contributed by atoms with van der Waals surface area (Å²) in [5.74, 6) is 0. The van der Waals surface area contributed by atoms with E-state index in [4.69, 9.17) is 0 Å². The summed E-state index contributed by atoms with van der Waals surface area (Å²) >= 11 is 0. The molecule has 0 N–H and O–H groups in total. The summed E-state index contributed by atoms with van der Waals surface area (Å²) in [5, 5.41) is 0. The third kappa shape index (κ3) is 3.61. The molecule has 0 amide bonds. The molecule has 2 rings (SSSR count). The molecule has 0 aliphatic carbocycles. The molecule has 4 heteroatoms. The van der Waals surface area contributed by atoms with E-state index in [9.17, 15) is 8.42 Å². The predicted octanol–water partition coefficient (Wildman–Crippen LogP) is 4.28. The monoisotopic (exact) mass is 321 g/mol. The summed E-state index contributed by atoms with van der Waals surface area (Å²) in [6, 6.07) is 7.27. The van der Waals surface area contributed by atoms with E-state index in [2.05, 4.69) is 13.8 Å². The van der Waals surface area contributed by atoms with E-state index in [-0.39, 0.29) is 6.04 Å². The van der Waals surface area contributed by atoms with Crippen molar-refractivity contribution in [1.29, 1.82) is 0 Å². The van der Waals surface area contributed by atoms with Gasteiger partial charge in [0.1, 0.15) is 0 Å². The number of nitrogens with zero attached hydrogens (tertiary/aromatic N) is 1. The van der Waals surface area contributed by atoms with E-state index >= 15 is 0 Å². The second-order valence-electron chi connectivity index (χ2n) is 6.42. The summed E-state index contributed by atoms with van der Waals surface area (Å²) in [7, 11) is -3.42. The second kappa shape index (κ2) is 6.97. The molecule has 1 atom stereocenters. The lowest BCUT2D eigenvalue weighted by molar-refractivity contribution is 0.296. The van der Waals surface area contributed by atoms with Crippen molar-refractivity contribution < 1.29 is 8.42 Å². The lowest BCUT2D eigenvalue weighted by Gasteiger charge is -2.36. The van der Waals surface area contributed by atoms with E-state index in [0.717, 1.165) is 31.2 Å². The quantitative estimate of drug-likeness (QED) is 0.759. The first-order chi connectivity index (χ1) is 10.4. The Morgan fingerprint density at radius 1 is 1.09 bits per heavy atom. The van der Waals surface area contributed by atoms with Gasteiger partial charge in [-0.05, 0) is 45.7 Å². The van der Waals surface area contributed by atoms with Gasteiger partial charge < -0.3 is 0 Å². The van der Waals surface area contributed by atoms with Crippen LogP contribution >= 0.6 is 0 Å². The van der Waals surface area contributed by atoms with Crippen molar-refractivity contribution in [2.24, 2.45) is 0 Å². The van der Waals surface area contributed by atoms with Crippen LogP contribution in [-0.4, -0.2) is 25.3 Å². The van der Waals surface area contributed by atoms with E-state index in [1.54, 1.807) is 16.4 Å². The maximum atomic E-state index is 13.0. The minimum Gasteiger partial charge on any atom is -0.207 e. The molecule has 1 aliphatic rings. The molecule has 0 spiro atoms. The van der Waals surface area contributed by atoms with Gasteiger partial charge in [0.05, 0.1) is 4.90 Å². The molecule has 1 aromatic carbocycles. The summed E-state index contributed by atoms with van der Waals surface area (Å²) < 4.78 is 27.8. The van der Waals surface area contributed by atoms with Crippen molar-refractivity contribution in [2.45, 2.75) is 64.3 Å². The molecule has 1 heterocycles. The molecule has 1 unspecified atom stereocenters. The molecule has 122 valence electrons. The van der Waals surface area contributed by atoms with Crippen LogP contribution < -0.4 is 0 Å². The molecule has 0 saturated carbocycles. The Morgan fingerprint density at radius 3 is 2.32 bits per heavy atom. The predicted molar refractivity (Wildman–Crippen MR) is 91.4 cm³/mol. The van der Waals surface area contributed by atoms with Gasteiger partial charge >= 0.3 is 0 Å². The number of hydrogen-bond donors (Lipinski definition) is 0. The standard InChI is InChI=1S/C18H27NO2S/c1-5-6-7-17-12-15(3)16(4)13-19(17)22(20,21)18-10-8-14(2)9-11-18/h8-11,17H,5-7,12-13H2,1-4H3. The van der Waals surface area contributed by atoms with Crippen molar-refractivity contribution in [3.63, 3.8) is 0 Å². The molecule has 0 bridgehead atoms. The van der Waals surface area contributed by atoms with Crippen LogP contribution in [0, 0.1) is 6.92 Å². The van der Waals surface area contributed by atoms with Crippen LogP contribution in [0.25, 0.3) is 0 Å². The Labute approximate surface area is 135 Å². The first-order valence-electron chi connectivity index (χ1n) is 8.10. The maximum Gasteiger partial charge on any atom is 0.243 e. The van der Waals surface area contributed by atoms with Crippen LogP contribution in [0.15, 0.2) is 40.3 Å². The molecular weight excluding hydrogens is 294 g/mol. The zero-order valence-corrected chi connectivity index (χ0v) is 14.9. The van der Waals surface area contributed by atoms with Gasteiger partial charge in [0.15, 0.2) is 0 Å². The SMILES string of the molecule is CCCCC1CC(C)=C(C)CN1S(=O)(=O)c1ccc(C)cc1. The highest BCUT2D eigenvalue weighted by atomic mass is 32.2. The molecule has 0 aromatic heterocycles. The Bertz CT molecular complexity index is 644. The lowest BCUT2D eigenvalue weighted by atomic mass is 9.95. The van der Waals surface area contributed by atoms with Gasteiger partial charge in [-0.3, -0.25) is 0 Å². The van der Waals surface area contributed by atoms with Crippen LogP contribution in [0.5, 0.6) is 0 Å². The van der Waals surface area contributed by atoms with Gasteiger partial charge in [-0.25, -0.2) is 8.42 Å². The van der Waals surface area contributed by atoms with Crippen LogP contribution in [0.1, 0.15) is 52.0 Å². The topological polar surface area (TPSA) is 37.4 Å². The molecular formula is C18H27NO2S. The van der Waals surface area contributed by atoms with Crippen molar-refractivity contribution >= 4 is 10.0 Å². The van der Waals surface area contributed by atoms with Crippen molar-refractivity contribution in [1.82, 2.24) is 4.31 Å². The third-order valence-corrected chi connectivity index (χ3v) is 6.50. The fourth-order valence-electron chi connectivity index (χ4n) is 2.94. The highest BCUT2D eigenvalue weighted by Crippen LogP contribution is 2.31. The van der Waals surface area contributed by atoms with Crippen molar-refractivity contribution in [3.8, 4) is 0 Å². The van der Waals surface area contributed by atoms with Crippen LogP contribution in [0.3, 0.4) is 0 Å². The summed E-state index contributed by atoms with van der Waals surface area (Å²) in [5.41, 5.74) is 3.60. The molecule has 3 nitrogen and oxygen atoms in total. The van der Waals surface area contributed by atoms with Gasteiger partial charge in [0.25, 0.3) is 0 Å². The van der Waals surface area contributed by atoms with E-state index < -0.39 is 10.0 Å². The van der Waals surface area contributed by atoms with Gasteiger partial charge in [-0.1, -0.05) is 48.6 Å². The molecule has 0 radical (unpaired) electrons. The van der Waals surface area contributed by atoms with E-state index in [1.807, 2.05) is 26.0 Å². The lowest BCUT2D eigenvalue weighted by Crippen LogP contribution is -2.44. The molecule has 0 fully saturated rings. The normalized spacial score (nSPS) is 20.5. The summed E-state index contributed by atoms with van der Waals surface area (Å²) in [4.78, 5) is 0.409. The average Bonchev–Trinajstić information content (AvgIpc) is 2.48. The Hall–Kier alpha value is -1.13. The van der Waals surface area contributed by atoms with E-state index in [1.165, 1.54) is 11.1 Å². The minimum atomic E-state index is -3.42. The van der Waals surface area contributed by atoms with Crippen LogP contribution in [0.4, 0.5) is 0 Å².